The van der Waals surface area contributed by atoms with Gasteiger partial charge in [0.2, 0.25) is 0 Å². The minimum absolute atomic E-state index is 0.342. The molecule has 1 N–H and O–H groups in total. The smallest absolute Gasteiger partial charge is 0.163 e. The highest BCUT2D eigenvalue weighted by Gasteiger charge is 2.23. The van der Waals surface area contributed by atoms with E-state index in [-0.39, 0.29) is 0 Å². The van der Waals surface area contributed by atoms with Crippen molar-refractivity contribution < 1.29 is 4.74 Å². The van der Waals surface area contributed by atoms with Crippen molar-refractivity contribution in [2.45, 2.75) is 18.8 Å². The molecule has 4 heterocycles. The maximum absolute atomic E-state index is 5.49. The van der Waals surface area contributed by atoms with Gasteiger partial charge in [0.15, 0.2) is 11.6 Å². The molecular weight excluding hydrogens is 326 g/mol. The molecule has 5 rings (SSSR count). The zero-order valence-corrected chi connectivity index (χ0v) is 14.3. The van der Waals surface area contributed by atoms with Crippen molar-refractivity contribution in [3.8, 4) is 17.1 Å². The molecule has 26 heavy (non-hydrogen) atoms. The van der Waals surface area contributed by atoms with E-state index < -0.39 is 0 Å². The lowest BCUT2D eigenvalue weighted by Gasteiger charge is -2.18. The monoisotopic (exact) mass is 345 g/mol. The van der Waals surface area contributed by atoms with Gasteiger partial charge in [0.05, 0.1) is 11.9 Å². The molecule has 1 fully saturated rings. The number of hydrogen-bond acceptors (Lipinski definition) is 4. The molecule has 6 nitrogen and oxygen atoms in total. The predicted octanol–water partition coefficient (Wildman–Crippen LogP) is 3.70. The SMILES string of the molecule is c1cncc(-n2nc(C3CCOCC3)nc2-c2ccc3cc[nH]c3c2)c1. The van der Waals surface area contributed by atoms with E-state index in [9.17, 15) is 0 Å². The summed E-state index contributed by atoms with van der Waals surface area (Å²) in [5.41, 5.74) is 3.05. The number of aromatic amines is 1. The van der Waals surface area contributed by atoms with Crippen LogP contribution < -0.4 is 0 Å². The van der Waals surface area contributed by atoms with Crippen LogP contribution in [0.25, 0.3) is 28.0 Å². The topological polar surface area (TPSA) is 68.6 Å². The average molecular weight is 345 g/mol. The molecule has 1 aromatic carbocycles. The van der Waals surface area contributed by atoms with Gasteiger partial charge in [-0.1, -0.05) is 12.1 Å². The maximum Gasteiger partial charge on any atom is 0.163 e. The minimum Gasteiger partial charge on any atom is -0.381 e. The molecule has 4 aromatic rings. The van der Waals surface area contributed by atoms with Crippen LogP contribution in [0.5, 0.6) is 0 Å². The maximum atomic E-state index is 5.49. The first-order chi connectivity index (χ1) is 12.9. The number of ether oxygens (including phenoxy) is 1. The number of pyridine rings is 1. The van der Waals surface area contributed by atoms with E-state index in [0.717, 1.165) is 54.5 Å². The van der Waals surface area contributed by atoms with Crippen LogP contribution >= 0.6 is 0 Å². The molecule has 0 radical (unpaired) electrons. The molecule has 0 spiro atoms. The number of H-pyrrole nitrogens is 1. The van der Waals surface area contributed by atoms with Gasteiger partial charge in [-0.25, -0.2) is 9.67 Å². The summed E-state index contributed by atoms with van der Waals surface area (Å²) in [6.07, 6.45) is 7.47. The van der Waals surface area contributed by atoms with Crippen molar-refractivity contribution in [2.24, 2.45) is 0 Å². The van der Waals surface area contributed by atoms with Gasteiger partial charge in [-0.15, -0.1) is 0 Å². The number of nitrogens with zero attached hydrogens (tertiary/aromatic N) is 4. The molecule has 0 bridgehead atoms. The lowest BCUT2D eigenvalue weighted by Crippen LogP contribution is -2.15. The largest absolute Gasteiger partial charge is 0.381 e. The van der Waals surface area contributed by atoms with Crippen LogP contribution in [0.1, 0.15) is 24.6 Å². The number of aromatic nitrogens is 5. The standard InChI is InChI=1S/C20H19N5O/c1-2-17(13-21-8-1)25-20(16-4-3-14-5-9-22-18(14)12-16)23-19(24-25)15-6-10-26-11-7-15/h1-5,8-9,12-13,15,22H,6-7,10-11H2. The Hall–Kier alpha value is -2.99. The Morgan fingerprint density at radius 2 is 2.04 bits per heavy atom. The third-order valence-electron chi connectivity index (χ3n) is 4.91. The molecule has 0 atom stereocenters. The molecule has 130 valence electrons. The number of nitrogens with one attached hydrogen (secondary N) is 1. The van der Waals surface area contributed by atoms with E-state index in [1.807, 2.05) is 29.2 Å². The predicted molar refractivity (Wildman–Crippen MR) is 99.2 cm³/mol. The highest BCUT2D eigenvalue weighted by atomic mass is 16.5. The second kappa shape index (κ2) is 6.38. The van der Waals surface area contributed by atoms with Crippen LogP contribution in [0.4, 0.5) is 0 Å². The Morgan fingerprint density at radius 3 is 2.88 bits per heavy atom. The molecule has 0 unspecified atom stereocenters. The molecule has 6 heteroatoms. The second-order valence-electron chi connectivity index (χ2n) is 6.58. The van der Waals surface area contributed by atoms with Crippen molar-refractivity contribution in [1.29, 1.82) is 0 Å². The van der Waals surface area contributed by atoms with Crippen molar-refractivity contribution in [3.63, 3.8) is 0 Å². The highest BCUT2D eigenvalue weighted by molar-refractivity contribution is 5.83. The number of benzene rings is 1. The molecule has 0 aliphatic carbocycles. The van der Waals surface area contributed by atoms with Gasteiger partial charge in [0.1, 0.15) is 0 Å². The lowest BCUT2D eigenvalue weighted by molar-refractivity contribution is 0.0836. The zero-order valence-electron chi connectivity index (χ0n) is 14.3. The number of hydrogen-bond donors (Lipinski definition) is 1. The fraction of sp³-hybridized carbons (Fsp3) is 0.250. The van der Waals surface area contributed by atoms with Crippen LogP contribution in [0, 0.1) is 0 Å². The summed E-state index contributed by atoms with van der Waals surface area (Å²) in [6, 6.07) is 12.3. The van der Waals surface area contributed by atoms with Crippen molar-refractivity contribution in [2.75, 3.05) is 13.2 Å². The molecule has 1 aliphatic heterocycles. The Kier molecular flexibility index (Phi) is 3.75. The summed E-state index contributed by atoms with van der Waals surface area (Å²) in [6.45, 7) is 1.55. The summed E-state index contributed by atoms with van der Waals surface area (Å²) in [4.78, 5) is 12.4. The third kappa shape index (κ3) is 2.68. The van der Waals surface area contributed by atoms with Gasteiger partial charge < -0.3 is 9.72 Å². The molecule has 0 saturated carbocycles. The van der Waals surface area contributed by atoms with Gasteiger partial charge >= 0.3 is 0 Å². The van der Waals surface area contributed by atoms with E-state index >= 15 is 0 Å². The van der Waals surface area contributed by atoms with Crippen LogP contribution in [0.2, 0.25) is 0 Å². The van der Waals surface area contributed by atoms with Gasteiger partial charge in [0, 0.05) is 42.6 Å². The highest BCUT2D eigenvalue weighted by Crippen LogP contribution is 2.29. The number of rotatable bonds is 3. The van der Waals surface area contributed by atoms with Crippen molar-refractivity contribution in [1.82, 2.24) is 24.7 Å². The summed E-state index contributed by atoms with van der Waals surface area (Å²) in [5, 5.41) is 6.03. The summed E-state index contributed by atoms with van der Waals surface area (Å²) < 4.78 is 7.40. The Morgan fingerprint density at radius 1 is 1.12 bits per heavy atom. The first kappa shape index (κ1) is 15.3. The molecule has 3 aromatic heterocycles. The van der Waals surface area contributed by atoms with Crippen molar-refractivity contribution >= 4 is 10.9 Å². The van der Waals surface area contributed by atoms with Crippen LogP contribution in [-0.4, -0.2) is 37.9 Å². The third-order valence-corrected chi connectivity index (χ3v) is 4.91. The average Bonchev–Trinajstić information content (AvgIpc) is 3.36. The van der Waals surface area contributed by atoms with E-state index in [0.29, 0.717) is 5.92 Å². The first-order valence-corrected chi connectivity index (χ1v) is 8.91. The lowest BCUT2D eigenvalue weighted by atomic mass is 10.00. The molecule has 0 amide bonds. The Balaban J connectivity index is 1.65. The summed E-state index contributed by atoms with van der Waals surface area (Å²) in [5.74, 6) is 2.07. The Bertz CT molecular complexity index is 1030. The zero-order chi connectivity index (χ0) is 17.3. The van der Waals surface area contributed by atoms with Crippen LogP contribution in [0.15, 0.2) is 55.0 Å². The Labute approximate surface area is 150 Å². The molecular formula is C20H19N5O. The van der Waals surface area contributed by atoms with E-state index in [2.05, 4.69) is 34.2 Å². The fourth-order valence-corrected chi connectivity index (χ4v) is 3.49. The van der Waals surface area contributed by atoms with Gasteiger partial charge in [-0.2, -0.15) is 5.10 Å². The minimum atomic E-state index is 0.342. The summed E-state index contributed by atoms with van der Waals surface area (Å²) in [7, 11) is 0. The molecule has 1 saturated heterocycles. The van der Waals surface area contributed by atoms with E-state index in [1.54, 1.807) is 6.20 Å². The fourth-order valence-electron chi connectivity index (χ4n) is 3.49. The van der Waals surface area contributed by atoms with E-state index in [4.69, 9.17) is 14.8 Å². The molecule has 1 aliphatic rings. The van der Waals surface area contributed by atoms with E-state index in [1.165, 1.54) is 5.39 Å². The van der Waals surface area contributed by atoms with Crippen molar-refractivity contribution in [3.05, 3.63) is 60.8 Å². The van der Waals surface area contributed by atoms with Gasteiger partial charge in [-0.3, -0.25) is 4.98 Å². The second-order valence-corrected chi connectivity index (χ2v) is 6.58. The normalized spacial score (nSPS) is 15.5. The van der Waals surface area contributed by atoms with Crippen LogP contribution in [-0.2, 0) is 4.74 Å². The quantitative estimate of drug-likeness (QED) is 0.615. The van der Waals surface area contributed by atoms with Gasteiger partial charge in [-0.05, 0) is 42.5 Å². The van der Waals surface area contributed by atoms with Crippen LogP contribution in [0.3, 0.4) is 0 Å². The van der Waals surface area contributed by atoms with Gasteiger partial charge in [0.25, 0.3) is 0 Å². The number of fused-ring (bicyclic) bond motifs is 1. The summed E-state index contributed by atoms with van der Waals surface area (Å²) >= 11 is 0. The first-order valence-electron chi connectivity index (χ1n) is 8.91.